The number of hydrogen-bond acceptors (Lipinski definition) is 4. The average Bonchev–Trinajstić information content (AvgIpc) is 2.66. The molecule has 1 heterocycles. The Morgan fingerprint density at radius 2 is 1.78 bits per heavy atom. The minimum absolute atomic E-state index is 0.177. The molecule has 0 aliphatic rings. The normalized spacial score (nSPS) is 10.3. The van der Waals surface area contributed by atoms with Gasteiger partial charge in [-0.3, -0.25) is 4.79 Å². The number of aromatic nitrogens is 1. The third-order valence-corrected chi connectivity index (χ3v) is 4.16. The maximum atomic E-state index is 12.4. The molecule has 0 atom stereocenters. The largest absolute Gasteiger partial charge is 0.496 e. The second-order valence-corrected chi connectivity index (χ2v) is 6.43. The van der Waals surface area contributed by atoms with Crippen LogP contribution in [0, 0.1) is 13.8 Å². The second-order valence-electron chi connectivity index (χ2n) is 6.43. The fourth-order valence-electron chi connectivity index (χ4n) is 2.92. The van der Waals surface area contributed by atoms with Gasteiger partial charge in [-0.2, -0.15) is 0 Å². The molecule has 1 amide bonds. The number of para-hydroxylation sites is 1. The van der Waals surface area contributed by atoms with Crippen LogP contribution in [0.4, 0.5) is 11.5 Å². The maximum Gasteiger partial charge on any atom is 0.257 e. The Kier molecular flexibility index (Phi) is 5.71. The highest BCUT2D eigenvalue weighted by Gasteiger charge is 2.08. The van der Waals surface area contributed by atoms with Crippen molar-refractivity contribution in [1.29, 1.82) is 0 Å². The summed E-state index contributed by atoms with van der Waals surface area (Å²) in [5.74, 6) is 1.35. The fraction of sp³-hybridized carbons (Fsp3) is 0.182. The van der Waals surface area contributed by atoms with Crippen molar-refractivity contribution in [3.8, 4) is 5.75 Å². The third kappa shape index (κ3) is 4.85. The van der Waals surface area contributed by atoms with Gasteiger partial charge in [0.25, 0.3) is 5.91 Å². The molecule has 1 aromatic heterocycles. The molecular formula is C22H23N3O2. The van der Waals surface area contributed by atoms with Gasteiger partial charge in [0.1, 0.15) is 11.6 Å². The minimum atomic E-state index is -0.177. The van der Waals surface area contributed by atoms with Gasteiger partial charge in [-0.1, -0.05) is 24.3 Å². The highest BCUT2D eigenvalue weighted by Crippen LogP contribution is 2.19. The van der Waals surface area contributed by atoms with Crippen molar-refractivity contribution in [1.82, 2.24) is 4.98 Å². The van der Waals surface area contributed by atoms with Crippen LogP contribution in [0.1, 0.15) is 27.0 Å². The van der Waals surface area contributed by atoms with Crippen LogP contribution in [-0.2, 0) is 6.54 Å². The molecule has 0 unspecified atom stereocenters. The van der Waals surface area contributed by atoms with Gasteiger partial charge >= 0.3 is 0 Å². The van der Waals surface area contributed by atoms with Crippen LogP contribution >= 0.6 is 0 Å². The van der Waals surface area contributed by atoms with Gasteiger partial charge < -0.3 is 15.4 Å². The summed E-state index contributed by atoms with van der Waals surface area (Å²) >= 11 is 0. The number of pyridine rings is 1. The van der Waals surface area contributed by atoms with Crippen LogP contribution in [0.5, 0.6) is 5.75 Å². The van der Waals surface area contributed by atoms with Crippen molar-refractivity contribution >= 4 is 17.4 Å². The summed E-state index contributed by atoms with van der Waals surface area (Å²) < 4.78 is 5.34. The molecule has 5 nitrogen and oxygen atoms in total. The first kappa shape index (κ1) is 18.5. The van der Waals surface area contributed by atoms with Crippen molar-refractivity contribution in [3.05, 3.63) is 83.0 Å². The predicted octanol–water partition coefficient (Wildman–Crippen LogP) is 4.57. The average molecular weight is 361 g/mol. The highest BCUT2D eigenvalue weighted by atomic mass is 16.5. The van der Waals surface area contributed by atoms with E-state index >= 15 is 0 Å². The Bertz CT molecular complexity index is 916. The molecule has 0 aliphatic heterocycles. The first-order valence-corrected chi connectivity index (χ1v) is 8.76. The first-order chi connectivity index (χ1) is 13.0. The topological polar surface area (TPSA) is 63.2 Å². The zero-order valence-corrected chi connectivity index (χ0v) is 15.7. The molecular weight excluding hydrogens is 338 g/mol. The van der Waals surface area contributed by atoms with Gasteiger partial charge in [0.15, 0.2) is 0 Å². The fourth-order valence-corrected chi connectivity index (χ4v) is 2.92. The first-order valence-electron chi connectivity index (χ1n) is 8.76. The number of methoxy groups -OCH3 is 1. The van der Waals surface area contributed by atoms with Crippen molar-refractivity contribution < 1.29 is 9.53 Å². The molecule has 0 spiro atoms. The summed E-state index contributed by atoms with van der Waals surface area (Å²) in [6.45, 7) is 4.60. The van der Waals surface area contributed by atoms with E-state index in [2.05, 4.69) is 21.7 Å². The van der Waals surface area contributed by atoms with E-state index in [0.29, 0.717) is 17.9 Å². The Hall–Kier alpha value is -3.34. The van der Waals surface area contributed by atoms with Gasteiger partial charge in [0.2, 0.25) is 0 Å². The van der Waals surface area contributed by atoms with Gasteiger partial charge in [0, 0.05) is 24.0 Å². The second kappa shape index (κ2) is 8.36. The smallest absolute Gasteiger partial charge is 0.257 e. The van der Waals surface area contributed by atoms with Gasteiger partial charge in [-0.05, 0) is 55.3 Å². The number of amides is 1. The predicted molar refractivity (Wildman–Crippen MR) is 108 cm³/mol. The maximum absolute atomic E-state index is 12.4. The lowest BCUT2D eigenvalue weighted by Gasteiger charge is -2.10. The summed E-state index contributed by atoms with van der Waals surface area (Å²) in [6.07, 6.45) is 1.57. The van der Waals surface area contributed by atoms with Crippen molar-refractivity contribution in [2.75, 3.05) is 17.7 Å². The molecule has 0 saturated carbocycles. The molecule has 3 rings (SSSR count). The van der Waals surface area contributed by atoms with Crippen molar-refractivity contribution in [2.45, 2.75) is 20.4 Å². The molecule has 27 heavy (non-hydrogen) atoms. The summed E-state index contributed by atoms with van der Waals surface area (Å²) in [7, 11) is 1.65. The molecule has 5 heteroatoms. The van der Waals surface area contributed by atoms with E-state index in [0.717, 1.165) is 28.1 Å². The Balaban J connectivity index is 1.63. The molecule has 138 valence electrons. The Morgan fingerprint density at radius 1 is 1.04 bits per heavy atom. The Labute approximate surface area is 159 Å². The van der Waals surface area contributed by atoms with Crippen LogP contribution in [0.3, 0.4) is 0 Å². The van der Waals surface area contributed by atoms with E-state index in [1.54, 1.807) is 25.4 Å². The lowest BCUT2D eigenvalue weighted by Crippen LogP contribution is -2.13. The van der Waals surface area contributed by atoms with Gasteiger partial charge in [-0.15, -0.1) is 0 Å². The number of rotatable bonds is 6. The lowest BCUT2D eigenvalue weighted by atomic mass is 10.1. The summed E-state index contributed by atoms with van der Waals surface area (Å²) in [5, 5.41) is 6.16. The SMILES string of the molecule is COc1ccccc1CNc1ccc(C(=O)Nc2cc(C)cc(C)c2)cn1. The zero-order valence-electron chi connectivity index (χ0n) is 15.7. The van der Waals surface area contributed by atoms with Crippen LogP contribution in [-0.4, -0.2) is 18.0 Å². The lowest BCUT2D eigenvalue weighted by molar-refractivity contribution is 0.102. The third-order valence-electron chi connectivity index (χ3n) is 4.16. The number of nitrogens with zero attached hydrogens (tertiary/aromatic N) is 1. The van der Waals surface area contributed by atoms with Crippen LogP contribution in [0.2, 0.25) is 0 Å². The zero-order chi connectivity index (χ0) is 19.2. The van der Waals surface area contributed by atoms with Gasteiger partial charge in [-0.25, -0.2) is 4.98 Å². The van der Waals surface area contributed by atoms with E-state index in [4.69, 9.17) is 4.74 Å². The minimum Gasteiger partial charge on any atom is -0.496 e. The number of ether oxygens (including phenoxy) is 1. The molecule has 0 saturated heterocycles. The van der Waals surface area contributed by atoms with Crippen molar-refractivity contribution in [2.24, 2.45) is 0 Å². The summed E-state index contributed by atoms with van der Waals surface area (Å²) in [5.41, 5.74) is 4.56. The standard InChI is InChI=1S/C22H23N3O2/c1-15-10-16(2)12-19(11-15)25-22(26)18-8-9-21(24-14-18)23-13-17-6-4-5-7-20(17)27-3/h4-12,14H,13H2,1-3H3,(H,23,24)(H,25,26). The molecule has 0 fully saturated rings. The molecule has 3 aromatic rings. The number of hydrogen-bond donors (Lipinski definition) is 2. The summed E-state index contributed by atoms with van der Waals surface area (Å²) in [6, 6.07) is 17.3. The van der Waals surface area contributed by atoms with Crippen molar-refractivity contribution in [3.63, 3.8) is 0 Å². The number of carbonyl (C=O) groups is 1. The molecule has 0 radical (unpaired) electrons. The van der Waals surface area contributed by atoms with Crippen LogP contribution < -0.4 is 15.4 Å². The molecule has 2 N–H and O–H groups in total. The van der Waals surface area contributed by atoms with Crippen LogP contribution in [0.25, 0.3) is 0 Å². The van der Waals surface area contributed by atoms with E-state index in [1.807, 2.05) is 50.2 Å². The van der Waals surface area contributed by atoms with E-state index < -0.39 is 0 Å². The molecule has 2 aromatic carbocycles. The summed E-state index contributed by atoms with van der Waals surface area (Å²) in [4.78, 5) is 16.8. The van der Waals surface area contributed by atoms with E-state index in [1.165, 1.54) is 0 Å². The Morgan fingerprint density at radius 3 is 2.44 bits per heavy atom. The monoisotopic (exact) mass is 361 g/mol. The van der Waals surface area contributed by atoms with Crippen LogP contribution in [0.15, 0.2) is 60.8 Å². The quantitative estimate of drug-likeness (QED) is 0.675. The van der Waals surface area contributed by atoms with Gasteiger partial charge in [0.05, 0.1) is 12.7 Å². The number of aryl methyl sites for hydroxylation is 2. The number of benzene rings is 2. The number of anilines is 2. The van der Waals surface area contributed by atoms with E-state index in [9.17, 15) is 4.79 Å². The number of carbonyl (C=O) groups excluding carboxylic acids is 1. The number of nitrogens with one attached hydrogen (secondary N) is 2. The molecule has 0 aliphatic carbocycles. The molecule has 0 bridgehead atoms. The van der Waals surface area contributed by atoms with E-state index in [-0.39, 0.29) is 5.91 Å². The highest BCUT2D eigenvalue weighted by molar-refractivity contribution is 6.04.